The molecule has 17 heavy (non-hydrogen) atoms. The van der Waals surface area contributed by atoms with E-state index in [1.807, 2.05) is 11.8 Å². The zero-order valence-electron chi connectivity index (χ0n) is 10.7. The van der Waals surface area contributed by atoms with E-state index in [4.69, 9.17) is 0 Å². The van der Waals surface area contributed by atoms with Crippen molar-refractivity contribution in [3.63, 3.8) is 0 Å². The summed E-state index contributed by atoms with van der Waals surface area (Å²) in [6.45, 7) is 2.79. The highest BCUT2D eigenvalue weighted by Crippen LogP contribution is 2.42. The second-order valence-corrected chi connectivity index (χ2v) is 5.43. The Hall–Kier alpha value is -1.04. The second-order valence-electron chi connectivity index (χ2n) is 5.43. The van der Waals surface area contributed by atoms with Gasteiger partial charge in [-0.05, 0) is 39.0 Å². The van der Waals surface area contributed by atoms with Gasteiger partial charge in [-0.2, -0.15) is 5.26 Å². The lowest BCUT2D eigenvalue weighted by atomic mass is 9.68. The van der Waals surface area contributed by atoms with E-state index >= 15 is 0 Å². The minimum Gasteiger partial charge on any atom is -0.339 e. The van der Waals surface area contributed by atoms with Gasteiger partial charge in [0.05, 0.1) is 6.07 Å². The van der Waals surface area contributed by atoms with Crippen molar-refractivity contribution in [2.75, 3.05) is 6.54 Å². The van der Waals surface area contributed by atoms with Gasteiger partial charge in [-0.3, -0.25) is 4.79 Å². The number of nitriles is 1. The zero-order chi connectivity index (χ0) is 12.3. The predicted octanol–water partition coefficient (Wildman–Crippen LogP) is 2.86. The van der Waals surface area contributed by atoms with Gasteiger partial charge in [0.1, 0.15) is 5.41 Å². The summed E-state index contributed by atoms with van der Waals surface area (Å²) in [5.74, 6) is 0.112. The SMILES string of the molecule is CCN(C(=O)C1(C#N)CCC1)C1CCCCC1. The lowest BCUT2D eigenvalue weighted by Crippen LogP contribution is -2.51. The number of amides is 1. The summed E-state index contributed by atoms with van der Waals surface area (Å²) in [5, 5.41) is 9.25. The topological polar surface area (TPSA) is 44.1 Å². The van der Waals surface area contributed by atoms with Crippen molar-refractivity contribution in [2.24, 2.45) is 5.41 Å². The molecule has 94 valence electrons. The Morgan fingerprint density at radius 1 is 1.29 bits per heavy atom. The first-order chi connectivity index (χ1) is 8.23. The predicted molar refractivity (Wildman–Crippen MR) is 66.2 cm³/mol. The minimum atomic E-state index is -0.659. The van der Waals surface area contributed by atoms with Gasteiger partial charge >= 0.3 is 0 Å². The smallest absolute Gasteiger partial charge is 0.243 e. The van der Waals surface area contributed by atoms with Crippen LogP contribution in [0.25, 0.3) is 0 Å². The molecule has 0 spiro atoms. The quantitative estimate of drug-likeness (QED) is 0.753. The highest BCUT2D eigenvalue weighted by molar-refractivity contribution is 5.86. The lowest BCUT2D eigenvalue weighted by Gasteiger charge is -2.42. The number of carbonyl (C=O) groups is 1. The molecule has 0 atom stereocenters. The maximum Gasteiger partial charge on any atom is 0.243 e. The average molecular weight is 234 g/mol. The molecular formula is C14H22N2O. The van der Waals surface area contributed by atoms with Gasteiger partial charge in [-0.15, -0.1) is 0 Å². The van der Waals surface area contributed by atoms with Crippen molar-refractivity contribution in [1.29, 1.82) is 5.26 Å². The summed E-state index contributed by atoms with van der Waals surface area (Å²) in [7, 11) is 0. The molecule has 2 aliphatic rings. The number of nitrogens with zero attached hydrogens (tertiary/aromatic N) is 2. The molecule has 2 fully saturated rings. The van der Waals surface area contributed by atoms with Crippen molar-refractivity contribution in [1.82, 2.24) is 4.90 Å². The van der Waals surface area contributed by atoms with Crippen molar-refractivity contribution in [3.05, 3.63) is 0 Å². The van der Waals surface area contributed by atoms with Crippen LogP contribution in [0.4, 0.5) is 0 Å². The summed E-state index contributed by atoms with van der Waals surface area (Å²) in [6, 6.07) is 2.67. The van der Waals surface area contributed by atoms with Gasteiger partial charge in [0.2, 0.25) is 5.91 Å². The van der Waals surface area contributed by atoms with Crippen molar-refractivity contribution < 1.29 is 4.79 Å². The third-order valence-electron chi connectivity index (χ3n) is 4.45. The Morgan fingerprint density at radius 2 is 1.94 bits per heavy atom. The highest BCUT2D eigenvalue weighted by Gasteiger charge is 2.47. The van der Waals surface area contributed by atoms with Crippen molar-refractivity contribution in [2.45, 2.75) is 64.3 Å². The van der Waals surface area contributed by atoms with E-state index in [1.165, 1.54) is 19.3 Å². The molecule has 0 N–H and O–H groups in total. The van der Waals surface area contributed by atoms with Crippen LogP contribution in [-0.2, 0) is 4.79 Å². The second kappa shape index (κ2) is 5.08. The van der Waals surface area contributed by atoms with Gasteiger partial charge in [0.25, 0.3) is 0 Å². The highest BCUT2D eigenvalue weighted by atomic mass is 16.2. The molecule has 0 aromatic heterocycles. The monoisotopic (exact) mass is 234 g/mol. The van der Waals surface area contributed by atoms with E-state index in [-0.39, 0.29) is 5.91 Å². The molecule has 2 rings (SSSR count). The third-order valence-corrected chi connectivity index (χ3v) is 4.45. The van der Waals surface area contributed by atoms with Crippen LogP contribution in [0.5, 0.6) is 0 Å². The Bertz CT molecular complexity index is 322. The van der Waals surface area contributed by atoms with E-state index < -0.39 is 5.41 Å². The maximum absolute atomic E-state index is 12.5. The van der Waals surface area contributed by atoms with E-state index in [1.54, 1.807) is 0 Å². The molecule has 0 saturated heterocycles. The fourth-order valence-corrected chi connectivity index (χ4v) is 3.14. The molecule has 2 saturated carbocycles. The van der Waals surface area contributed by atoms with E-state index in [0.29, 0.717) is 6.04 Å². The van der Waals surface area contributed by atoms with Gasteiger partial charge < -0.3 is 4.90 Å². The molecule has 0 aliphatic heterocycles. The molecule has 3 heteroatoms. The fourth-order valence-electron chi connectivity index (χ4n) is 3.14. The molecule has 1 amide bonds. The molecule has 0 unspecified atom stereocenters. The zero-order valence-corrected chi connectivity index (χ0v) is 10.7. The standard InChI is InChI=1S/C14H22N2O/c1-2-16(12-7-4-3-5-8-12)13(17)14(11-15)9-6-10-14/h12H,2-10H2,1H3. The van der Waals surface area contributed by atoms with Crippen molar-refractivity contribution in [3.8, 4) is 6.07 Å². The Balaban J connectivity index is 2.07. The van der Waals surface area contributed by atoms with Gasteiger partial charge in [-0.1, -0.05) is 19.3 Å². The Morgan fingerprint density at radius 3 is 2.35 bits per heavy atom. The molecule has 0 heterocycles. The summed E-state index contributed by atoms with van der Waals surface area (Å²) < 4.78 is 0. The minimum absolute atomic E-state index is 0.112. The van der Waals surface area contributed by atoms with E-state index in [9.17, 15) is 10.1 Å². The summed E-state index contributed by atoms with van der Waals surface area (Å²) in [4.78, 5) is 14.5. The molecule has 3 nitrogen and oxygen atoms in total. The number of rotatable bonds is 3. The van der Waals surface area contributed by atoms with Gasteiger partial charge in [0, 0.05) is 12.6 Å². The van der Waals surface area contributed by atoms with Crippen molar-refractivity contribution >= 4 is 5.91 Å². The largest absolute Gasteiger partial charge is 0.339 e. The van der Waals surface area contributed by atoms with Crippen LogP contribution in [0.1, 0.15) is 58.3 Å². The van der Waals surface area contributed by atoms with Crippen LogP contribution in [-0.4, -0.2) is 23.4 Å². The van der Waals surface area contributed by atoms with Gasteiger partial charge in [-0.25, -0.2) is 0 Å². The summed E-state index contributed by atoms with van der Waals surface area (Å²) >= 11 is 0. The first-order valence-corrected chi connectivity index (χ1v) is 6.96. The van der Waals surface area contributed by atoms with Crippen LogP contribution in [0.2, 0.25) is 0 Å². The van der Waals surface area contributed by atoms with Crippen LogP contribution in [0, 0.1) is 16.7 Å². The molecule has 0 aromatic rings. The van der Waals surface area contributed by atoms with Crippen LogP contribution in [0.15, 0.2) is 0 Å². The Labute approximate surface area is 104 Å². The third kappa shape index (κ3) is 2.18. The molecule has 2 aliphatic carbocycles. The molecule has 0 aromatic carbocycles. The number of carbonyl (C=O) groups excluding carboxylic acids is 1. The molecule has 0 bridgehead atoms. The summed E-state index contributed by atoms with van der Waals surface area (Å²) in [5.41, 5.74) is -0.659. The van der Waals surface area contributed by atoms with E-state index in [2.05, 4.69) is 6.07 Å². The number of hydrogen-bond acceptors (Lipinski definition) is 2. The summed E-state index contributed by atoms with van der Waals surface area (Å²) in [6.07, 6.45) is 8.58. The van der Waals surface area contributed by atoms with E-state index in [0.717, 1.165) is 38.6 Å². The van der Waals surface area contributed by atoms with Crippen LogP contribution in [0.3, 0.4) is 0 Å². The fraction of sp³-hybridized carbons (Fsp3) is 0.857. The van der Waals surface area contributed by atoms with Gasteiger partial charge in [0.15, 0.2) is 0 Å². The molecule has 0 radical (unpaired) electrons. The first-order valence-electron chi connectivity index (χ1n) is 6.96. The van der Waals surface area contributed by atoms with Crippen LogP contribution >= 0.6 is 0 Å². The Kier molecular flexibility index (Phi) is 3.71. The first kappa shape index (κ1) is 12.4. The number of hydrogen-bond donors (Lipinski definition) is 0. The lowest BCUT2D eigenvalue weighted by molar-refractivity contribution is -0.145. The van der Waals surface area contributed by atoms with Crippen LogP contribution < -0.4 is 0 Å². The average Bonchev–Trinajstić information content (AvgIpc) is 2.31. The molecular weight excluding hydrogens is 212 g/mol. The maximum atomic E-state index is 12.5. The normalized spacial score (nSPS) is 23.5.